The third kappa shape index (κ3) is 3.86. The van der Waals surface area contributed by atoms with E-state index in [4.69, 9.17) is 9.47 Å². The van der Waals surface area contributed by atoms with Crippen LogP contribution in [0.3, 0.4) is 0 Å². The average molecular weight is 434 g/mol. The first kappa shape index (κ1) is 20.1. The molecule has 5 aliphatic heterocycles. The molecule has 2 bridgehead atoms. The zero-order chi connectivity index (χ0) is 21.5. The SMILES string of the molecule is O=C(NC[C@H]1C[C@@H]2CCN1C[C@@H]2CN1CCc2ccccc2C1)c1ccc2c(c1)OCO2. The molecule has 5 aliphatic rings. The lowest BCUT2D eigenvalue weighted by molar-refractivity contribution is -0.0130. The molecule has 2 aromatic rings. The summed E-state index contributed by atoms with van der Waals surface area (Å²) in [6.07, 6.45) is 3.66. The van der Waals surface area contributed by atoms with Gasteiger partial charge in [-0.1, -0.05) is 24.3 Å². The number of nitrogens with zero attached hydrogens (tertiary/aromatic N) is 2. The van der Waals surface area contributed by atoms with Crippen molar-refractivity contribution in [3.63, 3.8) is 0 Å². The van der Waals surface area contributed by atoms with Crippen LogP contribution < -0.4 is 14.8 Å². The second-order valence-electron chi connectivity index (χ2n) is 9.73. The van der Waals surface area contributed by atoms with E-state index < -0.39 is 0 Å². The molecule has 1 unspecified atom stereocenters. The number of ether oxygens (including phenoxy) is 2. The van der Waals surface area contributed by atoms with Crippen molar-refractivity contribution < 1.29 is 14.3 Å². The quantitative estimate of drug-likeness (QED) is 0.786. The zero-order valence-corrected chi connectivity index (χ0v) is 18.5. The van der Waals surface area contributed by atoms with Crippen molar-refractivity contribution >= 4 is 5.91 Å². The van der Waals surface area contributed by atoms with E-state index in [2.05, 4.69) is 39.4 Å². The fourth-order valence-electron chi connectivity index (χ4n) is 6.06. The van der Waals surface area contributed by atoms with Gasteiger partial charge >= 0.3 is 0 Å². The third-order valence-corrected chi connectivity index (χ3v) is 7.85. The molecule has 0 spiro atoms. The Morgan fingerprint density at radius 3 is 2.81 bits per heavy atom. The number of fused-ring (bicyclic) bond motifs is 5. The smallest absolute Gasteiger partial charge is 0.251 e. The molecule has 32 heavy (non-hydrogen) atoms. The van der Waals surface area contributed by atoms with E-state index in [1.807, 2.05) is 12.1 Å². The highest BCUT2D eigenvalue weighted by Crippen LogP contribution is 2.37. The number of carbonyl (C=O) groups is 1. The Morgan fingerprint density at radius 2 is 1.94 bits per heavy atom. The van der Waals surface area contributed by atoms with E-state index in [1.54, 1.807) is 6.07 Å². The minimum atomic E-state index is -0.0329. The summed E-state index contributed by atoms with van der Waals surface area (Å²) in [6, 6.07) is 14.7. The number of carbonyl (C=O) groups excluding carboxylic acids is 1. The molecule has 2 aromatic carbocycles. The van der Waals surface area contributed by atoms with E-state index in [-0.39, 0.29) is 12.7 Å². The molecule has 1 amide bonds. The lowest BCUT2D eigenvalue weighted by atomic mass is 9.75. The molecule has 0 aliphatic carbocycles. The number of piperidine rings is 3. The second-order valence-corrected chi connectivity index (χ2v) is 9.73. The van der Waals surface area contributed by atoms with Gasteiger partial charge in [0.1, 0.15) is 0 Å². The van der Waals surface area contributed by atoms with E-state index >= 15 is 0 Å². The molecule has 0 saturated carbocycles. The van der Waals surface area contributed by atoms with Gasteiger partial charge in [-0.2, -0.15) is 0 Å². The molecular weight excluding hydrogens is 402 g/mol. The fourth-order valence-corrected chi connectivity index (χ4v) is 6.06. The molecule has 0 radical (unpaired) electrons. The molecule has 3 saturated heterocycles. The second kappa shape index (κ2) is 8.41. The molecular formula is C26H31N3O3. The molecule has 6 nitrogen and oxygen atoms in total. The van der Waals surface area contributed by atoms with Crippen LogP contribution in [0.1, 0.15) is 34.3 Å². The predicted octanol–water partition coefficient (Wildman–Crippen LogP) is 2.91. The highest BCUT2D eigenvalue weighted by Gasteiger charge is 2.40. The van der Waals surface area contributed by atoms with Crippen molar-refractivity contribution in [2.75, 3.05) is 39.5 Å². The molecule has 4 atom stereocenters. The monoisotopic (exact) mass is 433 g/mol. The normalized spacial score (nSPS) is 28.4. The number of rotatable bonds is 5. The number of amides is 1. The Hall–Kier alpha value is -2.57. The van der Waals surface area contributed by atoms with Crippen molar-refractivity contribution in [1.82, 2.24) is 15.1 Å². The van der Waals surface area contributed by atoms with Crippen molar-refractivity contribution in [3.05, 3.63) is 59.2 Å². The molecule has 5 heterocycles. The minimum absolute atomic E-state index is 0.0329. The van der Waals surface area contributed by atoms with Gasteiger partial charge in [0.2, 0.25) is 6.79 Å². The third-order valence-electron chi connectivity index (χ3n) is 7.85. The topological polar surface area (TPSA) is 54.0 Å². The Morgan fingerprint density at radius 1 is 1.06 bits per heavy atom. The molecule has 7 rings (SSSR count). The first-order chi connectivity index (χ1) is 15.7. The van der Waals surface area contributed by atoms with Gasteiger partial charge < -0.3 is 14.8 Å². The minimum Gasteiger partial charge on any atom is -0.454 e. The molecule has 3 fully saturated rings. The van der Waals surface area contributed by atoms with Crippen LogP contribution in [0.4, 0.5) is 0 Å². The van der Waals surface area contributed by atoms with Gasteiger partial charge in [-0.25, -0.2) is 0 Å². The summed E-state index contributed by atoms with van der Waals surface area (Å²) in [7, 11) is 0. The van der Waals surface area contributed by atoms with E-state index in [0.717, 1.165) is 31.5 Å². The summed E-state index contributed by atoms with van der Waals surface area (Å²) in [5.74, 6) is 2.84. The number of hydrogen-bond donors (Lipinski definition) is 1. The van der Waals surface area contributed by atoms with Crippen molar-refractivity contribution in [3.8, 4) is 11.5 Å². The van der Waals surface area contributed by atoms with Crippen LogP contribution in [0, 0.1) is 11.8 Å². The van der Waals surface area contributed by atoms with Crippen LogP contribution >= 0.6 is 0 Å². The average Bonchev–Trinajstić information content (AvgIpc) is 3.31. The van der Waals surface area contributed by atoms with Gasteiger partial charge in [0, 0.05) is 44.3 Å². The van der Waals surface area contributed by atoms with Crippen LogP contribution in [-0.2, 0) is 13.0 Å². The first-order valence-electron chi connectivity index (χ1n) is 11.9. The van der Waals surface area contributed by atoms with Crippen molar-refractivity contribution in [2.45, 2.75) is 31.8 Å². The number of benzene rings is 2. The fraction of sp³-hybridized carbons (Fsp3) is 0.500. The Balaban J connectivity index is 1.03. The van der Waals surface area contributed by atoms with Crippen LogP contribution in [0.2, 0.25) is 0 Å². The Bertz CT molecular complexity index is 1010. The summed E-state index contributed by atoms with van der Waals surface area (Å²) in [4.78, 5) is 18.0. The van der Waals surface area contributed by atoms with Gasteiger partial charge in [-0.05, 0) is 67.0 Å². The maximum absolute atomic E-state index is 12.7. The summed E-state index contributed by atoms with van der Waals surface area (Å²) >= 11 is 0. The van der Waals surface area contributed by atoms with Gasteiger partial charge in [-0.15, -0.1) is 0 Å². The van der Waals surface area contributed by atoms with E-state index in [9.17, 15) is 4.79 Å². The van der Waals surface area contributed by atoms with E-state index in [0.29, 0.717) is 29.6 Å². The molecule has 6 heteroatoms. The van der Waals surface area contributed by atoms with Crippen LogP contribution in [0.25, 0.3) is 0 Å². The van der Waals surface area contributed by atoms with Crippen LogP contribution in [-0.4, -0.2) is 61.3 Å². The van der Waals surface area contributed by atoms with Crippen molar-refractivity contribution in [1.29, 1.82) is 0 Å². The van der Waals surface area contributed by atoms with Gasteiger partial charge in [-0.3, -0.25) is 14.6 Å². The van der Waals surface area contributed by atoms with E-state index in [1.165, 1.54) is 43.5 Å². The van der Waals surface area contributed by atoms with Crippen molar-refractivity contribution in [2.24, 2.45) is 11.8 Å². The predicted molar refractivity (Wildman–Crippen MR) is 122 cm³/mol. The lowest BCUT2D eigenvalue weighted by Gasteiger charge is -2.51. The Labute approximate surface area is 189 Å². The van der Waals surface area contributed by atoms with Gasteiger partial charge in [0.25, 0.3) is 5.91 Å². The van der Waals surface area contributed by atoms with Gasteiger partial charge in [0.05, 0.1) is 0 Å². The summed E-state index contributed by atoms with van der Waals surface area (Å²) in [5, 5.41) is 3.16. The summed E-state index contributed by atoms with van der Waals surface area (Å²) in [5.41, 5.74) is 3.66. The highest BCUT2D eigenvalue weighted by atomic mass is 16.7. The molecule has 168 valence electrons. The number of hydrogen-bond acceptors (Lipinski definition) is 5. The Kier molecular flexibility index (Phi) is 5.27. The van der Waals surface area contributed by atoms with Crippen LogP contribution in [0.5, 0.6) is 11.5 Å². The lowest BCUT2D eigenvalue weighted by Crippen LogP contribution is -2.58. The molecule has 1 N–H and O–H groups in total. The molecule has 0 aromatic heterocycles. The maximum atomic E-state index is 12.7. The summed E-state index contributed by atoms with van der Waals surface area (Å²) in [6.45, 7) is 6.73. The van der Waals surface area contributed by atoms with Gasteiger partial charge in [0.15, 0.2) is 11.5 Å². The highest BCUT2D eigenvalue weighted by molar-refractivity contribution is 5.94. The number of nitrogens with one attached hydrogen (secondary N) is 1. The standard InChI is InChI=1S/C26H31N3O3/c30-26(20-5-6-24-25(12-20)32-17-31-24)27-13-23-11-19-8-10-29(23)16-22(19)15-28-9-7-18-3-1-2-4-21(18)14-28/h1-6,12,19,22-23H,7-11,13-17H2,(H,27,30)/t19-,22-,23+/m0/s1. The van der Waals surface area contributed by atoms with Crippen LogP contribution in [0.15, 0.2) is 42.5 Å². The largest absolute Gasteiger partial charge is 0.454 e. The zero-order valence-electron chi connectivity index (χ0n) is 18.5. The maximum Gasteiger partial charge on any atom is 0.251 e. The first-order valence-corrected chi connectivity index (χ1v) is 11.9. The summed E-state index contributed by atoms with van der Waals surface area (Å²) < 4.78 is 10.7.